The number of nitrogens with zero attached hydrogens (tertiary/aromatic N) is 4. The summed E-state index contributed by atoms with van der Waals surface area (Å²) in [5, 5.41) is 11.0. The van der Waals surface area contributed by atoms with E-state index in [2.05, 4.69) is 31.9 Å². The second-order valence-electron chi connectivity index (χ2n) is 7.51. The number of guanidine groups is 1. The highest BCUT2D eigenvalue weighted by molar-refractivity contribution is 6.30. The van der Waals surface area contributed by atoms with Crippen molar-refractivity contribution >= 4 is 23.4 Å². The average Bonchev–Trinajstić information content (AvgIpc) is 3.23. The molecule has 3 N–H and O–H groups in total. The van der Waals surface area contributed by atoms with Gasteiger partial charge in [-0.1, -0.05) is 23.7 Å². The minimum Gasteiger partial charge on any atom is -0.392 e. The normalized spacial score (nSPS) is 27.7. The number of halogens is 1. The predicted octanol–water partition coefficient (Wildman–Crippen LogP) is 1.51. The van der Waals surface area contributed by atoms with Crippen molar-refractivity contribution in [3.8, 4) is 0 Å². The summed E-state index contributed by atoms with van der Waals surface area (Å²) >= 11 is 6.00. The smallest absolute Gasteiger partial charge is 0.222 e. The number of aliphatic hydroxyl groups excluding tert-OH is 1. The third-order valence-electron chi connectivity index (χ3n) is 5.66. The lowest BCUT2D eigenvalue weighted by molar-refractivity contribution is 0.109. The van der Waals surface area contributed by atoms with Gasteiger partial charge in [0.2, 0.25) is 5.96 Å². The van der Waals surface area contributed by atoms with Gasteiger partial charge in [-0.3, -0.25) is 4.90 Å². The van der Waals surface area contributed by atoms with Crippen LogP contribution in [0.15, 0.2) is 34.3 Å². The van der Waals surface area contributed by atoms with E-state index >= 15 is 0 Å². The number of hydrogen-bond acceptors (Lipinski definition) is 6. The molecule has 2 saturated heterocycles. The van der Waals surface area contributed by atoms with E-state index in [9.17, 15) is 5.11 Å². The molecule has 3 aliphatic heterocycles. The van der Waals surface area contributed by atoms with Crippen molar-refractivity contribution in [2.45, 2.75) is 43.9 Å². The molecule has 0 saturated carbocycles. The van der Waals surface area contributed by atoms with E-state index in [4.69, 9.17) is 17.3 Å². The van der Waals surface area contributed by atoms with E-state index in [1.807, 2.05) is 12.1 Å². The monoisotopic (exact) mass is 375 g/mol. The van der Waals surface area contributed by atoms with Crippen molar-refractivity contribution < 1.29 is 5.11 Å². The van der Waals surface area contributed by atoms with E-state index in [-0.39, 0.29) is 6.10 Å². The second-order valence-corrected chi connectivity index (χ2v) is 7.94. The first-order valence-electron chi connectivity index (χ1n) is 9.39. The molecule has 0 unspecified atom stereocenters. The molecule has 2 fully saturated rings. The first-order valence-corrected chi connectivity index (χ1v) is 9.77. The van der Waals surface area contributed by atoms with Gasteiger partial charge in [0.15, 0.2) is 0 Å². The molecule has 0 radical (unpaired) electrons. The van der Waals surface area contributed by atoms with Crippen molar-refractivity contribution in [1.82, 2.24) is 9.80 Å². The Balaban J connectivity index is 1.37. The lowest BCUT2D eigenvalue weighted by Crippen LogP contribution is -2.48. The standard InChI is InChI=1S/C19H26ClN5O/c20-14-3-1-13(2-4-14)9-16-10-17(26)12-25(16)15-5-7-24(8-6-15)19-22-11-18(21)23-19/h1-4,15-17,26H,5-12H2,(H2,21,22,23)/t16-,17+/m0/s1. The summed E-state index contributed by atoms with van der Waals surface area (Å²) in [6.07, 6.45) is 3.71. The summed E-state index contributed by atoms with van der Waals surface area (Å²) < 4.78 is 0. The zero-order valence-corrected chi connectivity index (χ0v) is 15.6. The maximum absolute atomic E-state index is 10.3. The summed E-state index contributed by atoms with van der Waals surface area (Å²) in [5.74, 6) is 1.40. The van der Waals surface area contributed by atoms with Crippen LogP contribution in [-0.4, -0.2) is 71.1 Å². The number of β-amino-alcohol motifs (C(OH)–C–C–N with tert-alkyl or cyclic N) is 1. The van der Waals surface area contributed by atoms with Crippen LogP contribution in [0, 0.1) is 0 Å². The molecule has 2 atom stereocenters. The molecule has 0 aliphatic carbocycles. The fraction of sp³-hybridized carbons (Fsp3) is 0.579. The highest BCUT2D eigenvalue weighted by Crippen LogP contribution is 2.29. The average molecular weight is 376 g/mol. The summed E-state index contributed by atoms with van der Waals surface area (Å²) in [7, 11) is 0. The number of aliphatic imine (C=N–C) groups is 2. The quantitative estimate of drug-likeness (QED) is 0.839. The van der Waals surface area contributed by atoms with Gasteiger partial charge >= 0.3 is 0 Å². The minimum absolute atomic E-state index is 0.228. The molecule has 26 heavy (non-hydrogen) atoms. The van der Waals surface area contributed by atoms with Crippen LogP contribution < -0.4 is 5.73 Å². The van der Waals surface area contributed by atoms with Crippen LogP contribution in [0.1, 0.15) is 24.8 Å². The van der Waals surface area contributed by atoms with E-state index in [1.165, 1.54) is 5.56 Å². The van der Waals surface area contributed by atoms with Crippen LogP contribution in [-0.2, 0) is 6.42 Å². The molecule has 1 aromatic rings. The lowest BCUT2D eigenvalue weighted by Gasteiger charge is -2.39. The molecule has 0 bridgehead atoms. The molecule has 7 heteroatoms. The number of likely N-dealkylation sites (tertiary alicyclic amines) is 2. The van der Waals surface area contributed by atoms with E-state index in [0.717, 1.165) is 56.3 Å². The lowest BCUT2D eigenvalue weighted by atomic mass is 9.99. The van der Waals surface area contributed by atoms with Crippen molar-refractivity contribution in [1.29, 1.82) is 0 Å². The predicted molar refractivity (Wildman–Crippen MR) is 105 cm³/mol. The van der Waals surface area contributed by atoms with Gasteiger partial charge in [-0.25, -0.2) is 4.99 Å². The summed E-state index contributed by atoms with van der Waals surface area (Å²) in [4.78, 5) is 13.5. The van der Waals surface area contributed by atoms with Gasteiger partial charge in [0, 0.05) is 36.7 Å². The molecule has 140 valence electrons. The number of nitrogens with two attached hydrogens (primary N) is 1. The Morgan fingerprint density at radius 1 is 1.19 bits per heavy atom. The Morgan fingerprint density at radius 2 is 1.92 bits per heavy atom. The molecule has 0 spiro atoms. The zero-order chi connectivity index (χ0) is 18.1. The topological polar surface area (TPSA) is 77.5 Å². The molecule has 0 aromatic heterocycles. The SMILES string of the molecule is NC1=NC(N2CCC(N3C[C@H](O)C[C@@H]3Cc3ccc(Cl)cc3)CC2)=NC1. The third-order valence-corrected chi connectivity index (χ3v) is 5.91. The molecule has 4 rings (SSSR count). The fourth-order valence-corrected chi connectivity index (χ4v) is 4.50. The summed E-state index contributed by atoms with van der Waals surface area (Å²) in [5.41, 5.74) is 7.02. The number of benzene rings is 1. The van der Waals surface area contributed by atoms with Gasteiger partial charge in [-0.05, 0) is 43.4 Å². The first kappa shape index (κ1) is 17.8. The number of hydrogen-bond donors (Lipinski definition) is 2. The molecular formula is C19H26ClN5O. The van der Waals surface area contributed by atoms with Gasteiger partial charge < -0.3 is 15.7 Å². The fourth-order valence-electron chi connectivity index (χ4n) is 4.38. The number of amidine groups is 1. The summed E-state index contributed by atoms with van der Waals surface area (Å²) in [6.45, 7) is 3.19. The third kappa shape index (κ3) is 3.87. The van der Waals surface area contributed by atoms with Gasteiger partial charge in [-0.15, -0.1) is 0 Å². The van der Waals surface area contributed by atoms with E-state index < -0.39 is 0 Å². The number of piperidine rings is 1. The Kier molecular flexibility index (Phi) is 5.16. The largest absolute Gasteiger partial charge is 0.392 e. The highest BCUT2D eigenvalue weighted by Gasteiger charge is 2.37. The van der Waals surface area contributed by atoms with Gasteiger partial charge in [0.1, 0.15) is 12.4 Å². The van der Waals surface area contributed by atoms with Crippen LogP contribution in [0.3, 0.4) is 0 Å². The number of rotatable bonds is 3. The molecule has 6 nitrogen and oxygen atoms in total. The Labute approximate surface area is 159 Å². The Hall–Kier alpha value is -1.63. The maximum Gasteiger partial charge on any atom is 0.222 e. The maximum atomic E-state index is 10.3. The van der Waals surface area contributed by atoms with Crippen molar-refractivity contribution in [3.05, 3.63) is 34.9 Å². The molecule has 1 aromatic carbocycles. The highest BCUT2D eigenvalue weighted by atomic mass is 35.5. The van der Waals surface area contributed by atoms with Crippen LogP contribution >= 0.6 is 11.6 Å². The second kappa shape index (κ2) is 7.55. The van der Waals surface area contributed by atoms with E-state index in [0.29, 0.717) is 24.5 Å². The first-order chi connectivity index (χ1) is 12.6. The minimum atomic E-state index is -0.228. The molecular weight excluding hydrogens is 350 g/mol. The van der Waals surface area contributed by atoms with Gasteiger partial charge in [0.05, 0.1) is 6.10 Å². The van der Waals surface area contributed by atoms with Crippen molar-refractivity contribution in [3.63, 3.8) is 0 Å². The number of aliphatic hydroxyl groups is 1. The molecule has 0 amide bonds. The summed E-state index contributed by atoms with van der Waals surface area (Å²) in [6, 6.07) is 8.96. The molecule has 3 aliphatic rings. The Bertz CT molecular complexity index is 696. The van der Waals surface area contributed by atoms with Crippen LogP contribution in [0.4, 0.5) is 0 Å². The van der Waals surface area contributed by atoms with Crippen molar-refractivity contribution in [2.75, 3.05) is 26.2 Å². The van der Waals surface area contributed by atoms with Crippen molar-refractivity contribution in [2.24, 2.45) is 15.7 Å². The van der Waals surface area contributed by atoms with Crippen LogP contribution in [0.25, 0.3) is 0 Å². The molecule has 3 heterocycles. The van der Waals surface area contributed by atoms with Crippen LogP contribution in [0.2, 0.25) is 5.02 Å². The van der Waals surface area contributed by atoms with E-state index in [1.54, 1.807) is 0 Å². The Morgan fingerprint density at radius 3 is 2.58 bits per heavy atom. The zero-order valence-electron chi connectivity index (χ0n) is 14.9. The van der Waals surface area contributed by atoms with Crippen LogP contribution in [0.5, 0.6) is 0 Å². The van der Waals surface area contributed by atoms with Gasteiger partial charge in [-0.2, -0.15) is 4.99 Å². The van der Waals surface area contributed by atoms with Gasteiger partial charge in [0.25, 0.3) is 0 Å².